The summed E-state index contributed by atoms with van der Waals surface area (Å²) >= 11 is 6.48. The normalized spacial score (nSPS) is 19.7. The maximum atomic E-state index is 13.0. The van der Waals surface area contributed by atoms with Crippen LogP contribution in [-0.2, 0) is 34.0 Å². The Kier molecular flexibility index (Phi) is 7.97. The second-order valence-electron chi connectivity index (χ2n) is 10.4. The van der Waals surface area contributed by atoms with Crippen LogP contribution in [0.1, 0.15) is 52.9 Å². The van der Waals surface area contributed by atoms with Crippen LogP contribution in [0.5, 0.6) is 0 Å². The second kappa shape index (κ2) is 11.8. The van der Waals surface area contributed by atoms with Gasteiger partial charge in [0.05, 0.1) is 49.3 Å². The molecule has 11 heteroatoms. The number of hydrogen-bond acceptors (Lipinski definition) is 9. The van der Waals surface area contributed by atoms with E-state index in [-0.39, 0.29) is 25.1 Å². The molecule has 4 heterocycles. The molecule has 2 atom stereocenters. The number of fused-ring (bicyclic) bond motifs is 2. The first-order chi connectivity index (χ1) is 19.5. The topological polar surface area (TPSA) is 129 Å². The minimum absolute atomic E-state index is 0.0271. The number of aliphatic hydroxyl groups is 2. The molecule has 1 aromatic heterocycles. The predicted molar refractivity (Wildman–Crippen MR) is 148 cm³/mol. The van der Waals surface area contributed by atoms with Gasteiger partial charge in [-0.15, -0.1) is 0 Å². The maximum Gasteiger partial charge on any atom is 0.234 e. The number of anilines is 1. The van der Waals surface area contributed by atoms with Crippen LogP contribution in [0, 0.1) is 0 Å². The zero-order valence-electron chi connectivity index (χ0n) is 22.0. The summed E-state index contributed by atoms with van der Waals surface area (Å²) in [5.74, 6) is 0.213. The number of halogens is 1. The van der Waals surface area contributed by atoms with E-state index in [1.165, 1.54) is 0 Å². The third-order valence-electron chi connectivity index (χ3n) is 7.77. The van der Waals surface area contributed by atoms with Crippen molar-refractivity contribution in [1.29, 1.82) is 0 Å². The summed E-state index contributed by atoms with van der Waals surface area (Å²) in [6.45, 7) is 2.56. The van der Waals surface area contributed by atoms with Crippen LogP contribution < -0.4 is 10.6 Å². The van der Waals surface area contributed by atoms with E-state index in [2.05, 4.69) is 20.6 Å². The Balaban J connectivity index is 1.14. The van der Waals surface area contributed by atoms with Crippen molar-refractivity contribution < 1.29 is 24.5 Å². The molecule has 3 aliphatic rings. The van der Waals surface area contributed by atoms with Gasteiger partial charge in [-0.2, -0.15) is 0 Å². The number of ether oxygens (including phenoxy) is 2. The van der Waals surface area contributed by atoms with Crippen molar-refractivity contribution in [2.75, 3.05) is 31.7 Å². The molecule has 3 aliphatic heterocycles. The highest BCUT2D eigenvalue weighted by molar-refractivity contribution is 6.32. The van der Waals surface area contributed by atoms with Crippen molar-refractivity contribution in [2.24, 2.45) is 0 Å². The fourth-order valence-corrected chi connectivity index (χ4v) is 5.84. The lowest BCUT2D eigenvalue weighted by Gasteiger charge is -2.23. The Morgan fingerprint density at radius 3 is 2.83 bits per heavy atom. The van der Waals surface area contributed by atoms with Crippen LogP contribution in [0.3, 0.4) is 0 Å². The molecule has 3 aromatic rings. The van der Waals surface area contributed by atoms with Gasteiger partial charge in [-0.1, -0.05) is 41.9 Å². The highest BCUT2D eigenvalue weighted by atomic mass is 35.5. The Hall–Kier alpha value is -3.12. The molecule has 0 bridgehead atoms. The van der Waals surface area contributed by atoms with E-state index in [4.69, 9.17) is 21.1 Å². The number of carbonyl (C=O) groups excluding carboxylic acids is 1. The average Bonchev–Trinajstić information content (AvgIpc) is 3.57. The molecule has 1 fully saturated rings. The van der Waals surface area contributed by atoms with Crippen molar-refractivity contribution in [2.45, 2.75) is 50.9 Å². The van der Waals surface area contributed by atoms with Crippen molar-refractivity contribution in [3.8, 4) is 11.3 Å². The molecule has 210 valence electrons. The highest BCUT2D eigenvalue weighted by Gasteiger charge is 2.31. The molecule has 0 spiro atoms. The minimum atomic E-state index is -0.969. The maximum absolute atomic E-state index is 13.0. The largest absolute Gasteiger partial charge is 0.394 e. The third kappa shape index (κ3) is 5.56. The van der Waals surface area contributed by atoms with E-state index in [0.29, 0.717) is 55.2 Å². The van der Waals surface area contributed by atoms with Gasteiger partial charge in [0.15, 0.2) is 0 Å². The Morgan fingerprint density at radius 2 is 2.00 bits per heavy atom. The number of rotatable bonds is 8. The fraction of sp³-hybridized carbons (Fsp3) is 0.414. The van der Waals surface area contributed by atoms with E-state index >= 15 is 0 Å². The fourth-order valence-electron chi connectivity index (χ4n) is 5.64. The molecular formula is C29H32ClN5O5. The number of carbonyl (C=O) groups is 1. The molecule has 0 saturated carbocycles. The second-order valence-corrected chi connectivity index (χ2v) is 10.8. The number of aliphatic hydroxyl groups excluding tert-OH is 2. The Bertz CT molecular complexity index is 1400. The smallest absolute Gasteiger partial charge is 0.234 e. The number of hydrogen-bond donors (Lipinski definition) is 4. The number of nitrogens with zero attached hydrogens (tertiary/aromatic N) is 3. The van der Waals surface area contributed by atoms with Crippen LogP contribution in [0.4, 0.5) is 5.95 Å². The minimum Gasteiger partial charge on any atom is -0.394 e. The van der Waals surface area contributed by atoms with Crippen LogP contribution in [0.15, 0.2) is 42.6 Å². The number of nitrogens with one attached hydrogen (secondary N) is 2. The zero-order valence-corrected chi connectivity index (χ0v) is 22.7. The number of benzene rings is 2. The summed E-state index contributed by atoms with van der Waals surface area (Å²) in [5.41, 5.74) is 5.89. The molecule has 1 amide bonds. The van der Waals surface area contributed by atoms with Gasteiger partial charge in [0, 0.05) is 36.9 Å². The first-order valence-electron chi connectivity index (χ1n) is 13.5. The van der Waals surface area contributed by atoms with Crippen molar-refractivity contribution in [3.63, 3.8) is 0 Å². The first-order valence-corrected chi connectivity index (χ1v) is 13.9. The summed E-state index contributed by atoms with van der Waals surface area (Å²) in [6, 6.07) is 11.2. The quantitative estimate of drug-likeness (QED) is 0.325. The van der Waals surface area contributed by atoms with Crippen LogP contribution in [0.2, 0.25) is 5.02 Å². The van der Waals surface area contributed by atoms with Gasteiger partial charge in [0.25, 0.3) is 0 Å². The molecule has 2 aromatic carbocycles. The summed E-state index contributed by atoms with van der Waals surface area (Å²) in [4.78, 5) is 23.7. The highest BCUT2D eigenvalue weighted by Crippen LogP contribution is 2.36. The standard InChI is InChI=1S/C29H32ClN5O5/c30-24-11-31-29(32-20-6-8-39-9-7-20)34-27(24)17-4-5-18-12-35(28(38)22(18)10-17)13-26(37)33-25(14-36)21-3-1-2-19-15-40-16-23(19)21/h1-5,10-11,20,25,28,36,38H,6-9,12-16H2,(H,33,37)(H,31,32,34). The van der Waals surface area contributed by atoms with Gasteiger partial charge in [-0.05, 0) is 41.2 Å². The van der Waals surface area contributed by atoms with Gasteiger partial charge in [0.2, 0.25) is 11.9 Å². The lowest BCUT2D eigenvalue weighted by molar-refractivity contribution is -0.126. The molecule has 2 unspecified atom stereocenters. The summed E-state index contributed by atoms with van der Waals surface area (Å²) in [7, 11) is 0. The third-order valence-corrected chi connectivity index (χ3v) is 8.05. The van der Waals surface area contributed by atoms with Gasteiger partial charge >= 0.3 is 0 Å². The Morgan fingerprint density at radius 1 is 1.15 bits per heavy atom. The zero-order chi connectivity index (χ0) is 27.6. The monoisotopic (exact) mass is 565 g/mol. The molecule has 10 nitrogen and oxygen atoms in total. The summed E-state index contributed by atoms with van der Waals surface area (Å²) in [5, 5.41) is 27.9. The lowest BCUT2D eigenvalue weighted by atomic mass is 9.98. The molecule has 0 radical (unpaired) electrons. The van der Waals surface area contributed by atoms with Crippen molar-refractivity contribution in [1.82, 2.24) is 20.2 Å². The van der Waals surface area contributed by atoms with Gasteiger partial charge in [-0.3, -0.25) is 9.69 Å². The van der Waals surface area contributed by atoms with Crippen LogP contribution >= 0.6 is 11.6 Å². The molecule has 0 aliphatic carbocycles. The summed E-state index contributed by atoms with van der Waals surface area (Å²) < 4.78 is 11.0. The Labute approximate surface area is 237 Å². The predicted octanol–water partition coefficient (Wildman–Crippen LogP) is 3.07. The van der Waals surface area contributed by atoms with Gasteiger partial charge in [-0.25, -0.2) is 9.97 Å². The van der Waals surface area contributed by atoms with E-state index in [1.54, 1.807) is 11.1 Å². The van der Waals surface area contributed by atoms with Crippen LogP contribution in [0.25, 0.3) is 11.3 Å². The molecular weight excluding hydrogens is 534 g/mol. The average molecular weight is 566 g/mol. The molecule has 40 heavy (non-hydrogen) atoms. The van der Waals surface area contributed by atoms with E-state index in [0.717, 1.165) is 40.7 Å². The lowest BCUT2D eigenvalue weighted by Crippen LogP contribution is -2.39. The van der Waals surface area contributed by atoms with Crippen LogP contribution in [-0.4, -0.2) is 63.4 Å². The van der Waals surface area contributed by atoms with Crippen molar-refractivity contribution >= 4 is 23.5 Å². The first kappa shape index (κ1) is 27.1. The van der Waals surface area contributed by atoms with Gasteiger partial charge < -0.3 is 30.3 Å². The SMILES string of the molecule is O=C(CN1Cc2ccc(-c3nc(NC4CCOCC4)ncc3Cl)cc2C1O)NC(CO)c1cccc2c1COC2. The van der Waals surface area contributed by atoms with Gasteiger partial charge in [0.1, 0.15) is 6.23 Å². The van der Waals surface area contributed by atoms with Crippen molar-refractivity contribution in [3.05, 3.63) is 75.4 Å². The number of aromatic nitrogens is 2. The summed E-state index contributed by atoms with van der Waals surface area (Å²) in [6.07, 6.45) is 2.38. The van der Waals surface area contributed by atoms with E-state index in [1.807, 2.05) is 36.4 Å². The molecule has 1 saturated heterocycles. The molecule has 4 N–H and O–H groups in total. The number of amides is 1. The van der Waals surface area contributed by atoms with E-state index < -0.39 is 12.3 Å². The van der Waals surface area contributed by atoms with E-state index in [9.17, 15) is 15.0 Å². The molecule has 6 rings (SSSR count).